The number of imide groups is 1. The quantitative estimate of drug-likeness (QED) is 0.533. The van der Waals surface area contributed by atoms with E-state index in [4.69, 9.17) is 9.47 Å². The maximum atomic E-state index is 12.1. The van der Waals surface area contributed by atoms with Crippen LogP contribution in [0.2, 0.25) is 0 Å². The molecule has 0 aliphatic carbocycles. The van der Waals surface area contributed by atoms with Crippen molar-refractivity contribution in [2.24, 2.45) is 0 Å². The van der Waals surface area contributed by atoms with Gasteiger partial charge >= 0.3 is 6.03 Å². The van der Waals surface area contributed by atoms with Gasteiger partial charge in [-0.2, -0.15) is 0 Å². The molecule has 146 valence electrons. The molecule has 0 radical (unpaired) electrons. The van der Waals surface area contributed by atoms with Crippen LogP contribution in [0.4, 0.5) is 4.79 Å². The molecule has 0 aromatic heterocycles. The molecule has 0 bridgehead atoms. The van der Waals surface area contributed by atoms with Gasteiger partial charge in [0.05, 0.1) is 11.1 Å². The van der Waals surface area contributed by atoms with E-state index in [2.05, 4.69) is 21.2 Å². The summed E-state index contributed by atoms with van der Waals surface area (Å²) in [6.07, 6.45) is 1.61. The van der Waals surface area contributed by atoms with E-state index in [0.717, 1.165) is 10.5 Å². The highest BCUT2D eigenvalue weighted by Crippen LogP contribution is 2.38. The molecule has 0 spiro atoms. The minimum Gasteiger partial charge on any atom is -0.490 e. The molecular weight excluding hydrogens is 424 g/mol. The van der Waals surface area contributed by atoms with Crippen molar-refractivity contribution in [3.05, 3.63) is 63.3 Å². The number of likely N-dealkylation sites (N-methyl/N-ethyl adjacent to an activating group) is 1. The van der Waals surface area contributed by atoms with Gasteiger partial charge in [-0.15, -0.1) is 0 Å². The molecule has 2 aromatic carbocycles. The second-order valence-corrected chi connectivity index (χ2v) is 7.24. The number of nitrogens with zero attached hydrogens (tertiary/aromatic N) is 1. The summed E-state index contributed by atoms with van der Waals surface area (Å²) in [6.45, 7) is 4.79. The molecule has 6 nitrogen and oxygen atoms in total. The first-order chi connectivity index (χ1) is 13.4. The molecule has 1 heterocycles. The number of hydrogen-bond acceptors (Lipinski definition) is 4. The van der Waals surface area contributed by atoms with Crippen LogP contribution in [0.5, 0.6) is 11.5 Å². The molecule has 7 heteroatoms. The SMILES string of the molecule is CCOc1cc(/C=C2/NC(=O)N(C)C2=O)cc(Br)c1OCc1ccc(C)cc1. The van der Waals surface area contributed by atoms with Crippen LogP contribution in [0.3, 0.4) is 0 Å². The van der Waals surface area contributed by atoms with Crippen LogP contribution in [-0.2, 0) is 11.4 Å². The average molecular weight is 445 g/mol. The lowest BCUT2D eigenvalue weighted by Crippen LogP contribution is -2.25. The van der Waals surface area contributed by atoms with Gasteiger partial charge in [-0.1, -0.05) is 29.8 Å². The number of benzene rings is 2. The van der Waals surface area contributed by atoms with Gasteiger partial charge in [-0.25, -0.2) is 4.79 Å². The minimum absolute atomic E-state index is 0.218. The first kappa shape index (κ1) is 19.9. The van der Waals surface area contributed by atoms with Crippen molar-refractivity contribution in [2.45, 2.75) is 20.5 Å². The van der Waals surface area contributed by atoms with Gasteiger partial charge in [0.15, 0.2) is 11.5 Å². The summed E-state index contributed by atoms with van der Waals surface area (Å²) >= 11 is 3.52. The second kappa shape index (κ2) is 8.48. The molecule has 1 aliphatic rings. The molecule has 0 saturated carbocycles. The Hall–Kier alpha value is -2.80. The van der Waals surface area contributed by atoms with Gasteiger partial charge in [0.2, 0.25) is 0 Å². The molecule has 1 saturated heterocycles. The van der Waals surface area contributed by atoms with Gasteiger partial charge in [-0.3, -0.25) is 9.69 Å². The molecule has 1 N–H and O–H groups in total. The van der Waals surface area contributed by atoms with Crippen molar-refractivity contribution < 1.29 is 19.1 Å². The highest BCUT2D eigenvalue weighted by atomic mass is 79.9. The summed E-state index contributed by atoms with van der Waals surface area (Å²) in [5.41, 5.74) is 3.16. The van der Waals surface area contributed by atoms with Gasteiger partial charge in [-0.05, 0) is 59.1 Å². The zero-order valence-corrected chi connectivity index (χ0v) is 17.5. The Kier molecular flexibility index (Phi) is 6.04. The minimum atomic E-state index is -0.446. The Balaban J connectivity index is 1.86. The monoisotopic (exact) mass is 444 g/mol. The maximum absolute atomic E-state index is 12.1. The molecule has 28 heavy (non-hydrogen) atoms. The number of carbonyl (C=O) groups excluding carboxylic acids is 2. The zero-order chi connectivity index (χ0) is 20.3. The Bertz CT molecular complexity index is 938. The summed E-state index contributed by atoms with van der Waals surface area (Å²) < 4.78 is 12.4. The van der Waals surface area contributed by atoms with E-state index in [0.29, 0.717) is 34.7 Å². The summed E-state index contributed by atoms with van der Waals surface area (Å²) in [5, 5.41) is 2.55. The number of aryl methyl sites for hydroxylation is 1. The lowest BCUT2D eigenvalue weighted by atomic mass is 10.1. The van der Waals surface area contributed by atoms with E-state index in [1.165, 1.54) is 12.6 Å². The fraction of sp³-hybridized carbons (Fsp3) is 0.238. The fourth-order valence-corrected chi connectivity index (χ4v) is 3.28. The van der Waals surface area contributed by atoms with E-state index in [1.807, 2.05) is 44.2 Å². The van der Waals surface area contributed by atoms with Crippen LogP contribution in [-0.4, -0.2) is 30.5 Å². The third kappa shape index (κ3) is 4.36. The average Bonchev–Trinajstić information content (AvgIpc) is 2.89. The Morgan fingerprint density at radius 3 is 2.46 bits per heavy atom. The lowest BCUT2D eigenvalue weighted by Gasteiger charge is -2.15. The van der Waals surface area contributed by atoms with E-state index >= 15 is 0 Å². The highest BCUT2D eigenvalue weighted by molar-refractivity contribution is 9.10. The van der Waals surface area contributed by atoms with Crippen LogP contribution in [0.15, 0.2) is 46.6 Å². The number of nitrogens with one attached hydrogen (secondary N) is 1. The van der Waals surface area contributed by atoms with Crippen LogP contribution in [0.1, 0.15) is 23.6 Å². The summed E-state index contributed by atoms with van der Waals surface area (Å²) in [4.78, 5) is 24.7. The van der Waals surface area contributed by atoms with Gasteiger partial charge in [0.1, 0.15) is 12.3 Å². The molecule has 1 fully saturated rings. The van der Waals surface area contributed by atoms with E-state index < -0.39 is 6.03 Å². The maximum Gasteiger partial charge on any atom is 0.328 e. The predicted octanol–water partition coefficient (Wildman–Crippen LogP) is 4.26. The van der Waals surface area contributed by atoms with Crippen LogP contribution < -0.4 is 14.8 Å². The van der Waals surface area contributed by atoms with E-state index in [9.17, 15) is 9.59 Å². The molecular formula is C21H21BrN2O4. The predicted molar refractivity (Wildman–Crippen MR) is 110 cm³/mol. The second-order valence-electron chi connectivity index (χ2n) is 6.39. The summed E-state index contributed by atoms with van der Waals surface area (Å²) in [7, 11) is 1.43. The Morgan fingerprint density at radius 1 is 1.14 bits per heavy atom. The van der Waals surface area contributed by atoms with Crippen molar-refractivity contribution in [2.75, 3.05) is 13.7 Å². The standard InChI is InChI=1S/C21H21BrN2O4/c1-4-27-18-11-15(10-17-20(25)24(3)21(26)23-17)9-16(22)19(18)28-12-14-7-5-13(2)6-8-14/h5-11H,4,12H2,1-3H3,(H,23,26)/b17-10+. The number of halogens is 1. The topological polar surface area (TPSA) is 67.9 Å². The molecule has 3 amide bonds. The van der Waals surface area contributed by atoms with Crippen molar-refractivity contribution in [3.63, 3.8) is 0 Å². The Morgan fingerprint density at radius 2 is 1.86 bits per heavy atom. The van der Waals surface area contributed by atoms with Crippen LogP contribution in [0, 0.1) is 6.92 Å². The third-order valence-corrected chi connectivity index (χ3v) is 4.82. The smallest absolute Gasteiger partial charge is 0.328 e. The van der Waals surface area contributed by atoms with Crippen molar-refractivity contribution in [1.82, 2.24) is 10.2 Å². The number of rotatable bonds is 6. The Labute approximate surface area is 172 Å². The molecule has 3 rings (SSSR count). The van der Waals surface area contributed by atoms with Crippen molar-refractivity contribution in [3.8, 4) is 11.5 Å². The fourth-order valence-electron chi connectivity index (χ4n) is 2.70. The van der Waals surface area contributed by atoms with Crippen LogP contribution >= 0.6 is 15.9 Å². The molecule has 0 unspecified atom stereocenters. The number of urea groups is 1. The van der Waals surface area contributed by atoms with Crippen molar-refractivity contribution >= 4 is 33.9 Å². The zero-order valence-electron chi connectivity index (χ0n) is 15.9. The van der Waals surface area contributed by atoms with E-state index in [1.54, 1.807) is 12.1 Å². The third-order valence-electron chi connectivity index (χ3n) is 4.23. The first-order valence-corrected chi connectivity index (χ1v) is 9.63. The first-order valence-electron chi connectivity index (χ1n) is 8.84. The highest BCUT2D eigenvalue weighted by Gasteiger charge is 2.30. The normalized spacial score (nSPS) is 15.1. The molecule has 1 aliphatic heterocycles. The number of carbonyl (C=O) groups is 2. The van der Waals surface area contributed by atoms with Crippen LogP contribution in [0.25, 0.3) is 6.08 Å². The number of amides is 3. The molecule has 2 aromatic rings. The summed E-state index contributed by atoms with van der Waals surface area (Å²) in [6, 6.07) is 11.3. The number of ether oxygens (including phenoxy) is 2. The van der Waals surface area contributed by atoms with Crippen molar-refractivity contribution in [1.29, 1.82) is 0 Å². The number of hydrogen-bond donors (Lipinski definition) is 1. The van der Waals surface area contributed by atoms with E-state index in [-0.39, 0.29) is 11.6 Å². The lowest BCUT2D eigenvalue weighted by molar-refractivity contribution is -0.121. The van der Waals surface area contributed by atoms with Gasteiger partial charge in [0, 0.05) is 7.05 Å². The largest absolute Gasteiger partial charge is 0.490 e. The van der Waals surface area contributed by atoms with Gasteiger partial charge < -0.3 is 14.8 Å². The van der Waals surface area contributed by atoms with Gasteiger partial charge in [0.25, 0.3) is 5.91 Å². The summed E-state index contributed by atoms with van der Waals surface area (Å²) in [5.74, 6) is 0.767. The molecule has 0 atom stereocenters.